The minimum Gasteiger partial charge on any atom is -0.254 e. The predicted octanol–water partition coefficient (Wildman–Crippen LogP) is 26.8. The first-order chi connectivity index (χ1) is 52.0. The van der Waals surface area contributed by atoms with E-state index in [-0.39, 0.29) is 11.8 Å². The van der Waals surface area contributed by atoms with Crippen molar-refractivity contribution in [2.45, 2.75) is 151 Å². The highest BCUT2D eigenvalue weighted by Gasteiger charge is 2.46. The van der Waals surface area contributed by atoms with Gasteiger partial charge in [-0.25, -0.2) is 16.8 Å². The van der Waals surface area contributed by atoms with Crippen molar-refractivity contribution in [3.63, 3.8) is 0 Å². The molecule has 5 heterocycles. The molecular weight excluding hydrogens is 1410 g/mol. The van der Waals surface area contributed by atoms with Crippen LogP contribution >= 0.6 is 22.7 Å². The Kier molecular flexibility index (Phi) is 31.9. The van der Waals surface area contributed by atoms with Gasteiger partial charge in [0.05, 0.1) is 31.7 Å². The van der Waals surface area contributed by atoms with E-state index in [0.717, 1.165) is 46.5 Å². The lowest BCUT2D eigenvalue weighted by Gasteiger charge is -2.39. The van der Waals surface area contributed by atoms with Gasteiger partial charge in [-0.3, -0.25) is 9.97 Å². The Labute approximate surface area is 660 Å². The van der Waals surface area contributed by atoms with E-state index in [2.05, 4.69) is 251 Å². The fourth-order valence-electron chi connectivity index (χ4n) is 12.8. The quantitative estimate of drug-likeness (QED) is 0.150. The van der Waals surface area contributed by atoms with Crippen LogP contribution in [0.25, 0.3) is 33.3 Å². The van der Waals surface area contributed by atoms with Gasteiger partial charge in [0.15, 0.2) is 9.84 Å². The van der Waals surface area contributed by atoms with Gasteiger partial charge in [0, 0.05) is 27.0 Å². The van der Waals surface area contributed by atoms with Crippen molar-refractivity contribution < 1.29 is 16.8 Å². The fraction of sp³-hybridized carbons (Fsp3) is 0.232. The molecule has 14 aromatic rings. The Morgan fingerprint density at radius 2 is 0.706 bits per heavy atom. The lowest BCUT2D eigenvalue weighted by molar-refractivity contribution is 0.348. The van der Waals surface area contributed by atoms with E-state index in [0.29, 0.717) is 9.79 Å². The zero-order chi connectivity index (χ0) is 78.8. The maximum Gasteiger partial charge on any atom is 0.206 e. The average Bonchev–Trinajstić information content (AvgIpc) is 0.908. The molecule has 0 bridgehead atoms. The van der Waals surface area contributed by atoms with E-state index in [1.54, 1.807) is 48.5 Å². The van der Waals surface area contributed by atoms with E-state index < -0.39 is 30.2 Å². The summed E-state index contributed by atoms with van der Waals surface area (Å²) in [5.74, 6) is 0.282. The maximum atomic E-state index is 13.3. The molecule has 0 radical (unpaired) electrons. The van der Waals surface area contributed by atoms with Gasteiger partial charge in [0.25, 0.3) is 0 Å². The highest BCUT2D eigenvalue weighted by Crippen LogP contribution is 2.50. The normalized spacial score (nSPS) is 14.5. The van der Waals surface area contributed by atoms with E-state index in [4.69, 9.17) is 0 Å². The molecule has 6 nitrogen and oxygen atoms in total. The Bertz CT molecular complexity index is 4940. The lowest BCUT2D eigenvalue weighted by atomic mass is 9.86. The molecule has 0 aliphatic carbocycles. The number of thiophene rings is 2. The molecule has 0 amide bonds. The first kappa shape index (κ1) is 84.7. The summed E-state index contributed by atoms with van der Waals surface area (Å²) in [4.78, 5) is 13.6. The van der Waals surface area contributed by atoms with Crippen LogP contribution in [0.1, 0.15) is 134 Å². The Morgan fingerprint density at radius 3 is 1.01 bits per heavy atom. The second-order valence-electron chi connectivity index (χ2n) is 28.9. The molecule has 1 aliphatic heterocycles. The number of hydrogen-bond donors (Lipinski definition) is 0. The van der Waals surface area contributed by atoms with Crippen molar-refractivity contribution >= 4 is 53.1 Å². The van der Waals surface area contributed by atoms with Crippen LogP contribution in [-0.2, 0) is 26.1 Å². The molecule has 562 valence electrons. The third-order valence-corrected chi connectivity index (χ3v) is 26.1. The van der Waals surface area contributed by atoms with Crippen molar-refractivity contribution in [1.29, 1.82) is 0 Å². The van der Waals surface area contributed by atoms with Crippen LogP contribution in [-0.4, -0.2) is 26.8 Å². The van der Waals surface area contributed by atoms with Gasteiger partial charge in [-0.1, -0.05) is 278 Å². The van der Waals surface area contributed by atoms with Crippen molar-refractivity contribution in [3.8, 4) is 22.5 Å². The molecule has 4 unspecified atom stereocenters. The molecule has 1 saturated heterocycles. The molecule has 1 aliphatic rings. The zero-order valence-electron chi connectivity index (χ0n) is 66.7. The molecular formula is C99H108N2O4S4. The summed E-state index contributed by atoms with van der Waals surface area (Å²) in [6, 6.07) is 93.0. The summed E-state index contributed by atoms with van der Waals surface area (Å²) in [7, 11) is -6.64. The van der Waals surface area contributed by atoms with E-state index in [1.165, 1.54) is 103 Å². The first-order valence-corrected chi connectivity index (χ1v) is 42.2. The van der Waals surface area contributed by atoms with E-state index in [9.17, 15) is 16.8 Å². The summed E-state index contributed by atoms with van der Waals surface area (Å²) in [5.41, 5.74) is 24.4. The molecule has 4 aromatic heterocycles. The second-order valence-corrected chi connectivity index (χ2v) is 35.6. The van der Waals surface area contributed by atoms with Crippen LogP contribution in [0, 0.1) is 116 Å². The number of nitrogens with zero attached hydrogens (tertiary/aromatic N) is 2. The standard InChI is InChI=1S/C19H22O2S.C15H16.C14H14O2S.C14H14.C12H12N2.C12H12.C7H10S.C6H8S/c1-14-13-15(2)19(17-11-7-4-8-12-17)22(20,21)18(14)16-9-5-3-6-10-16;1-12-7-3-5-9-14(12)11-15-10-6-4-8-13(15)2;1-11-3-7-13(8-4-11)17(15,16)14-9-5-12(2)6-10-14;1-11-3-7-13(8-4-11)14-9-5-12(2)6-10-14;1-9-3-5-11(13-7-9)12-6-4-10(2)8-14-12;1-9-3-5-12-8-10(2)4-6-11(12)7-9;1-5-4-8-7(3)6(5)2;1-5-3-4-6(2)7-5/h3-12,14-15,18-19H,13H2,1-2H3;3-10H,11H2,1-2H3;3-10H,1-2H3;3-10H,1-2H3;3-8H,1-2H3;3-8H,1-2H3;4H,1-3H3;3-4H,1-2H3. The van der Waals surface area contributed by atoms with Crippen LogP contribution in [0.4, 0.5) is 0 Å². The lowest BCUT2D eigenvalue weighted by Crippen LogP contribution is -2.35. The number of sulfone groups is 2. The van der Waals surface area contributed by atoms with Gasteiger partial charge < -0.3 is 0 Å². The molecule has 0 saturated carbocycles. The fourth-order valence-corrected chi connectivity index (χ4v) is 18.6. The van der Waals surface area contributed by atoms with E-state index in [1.807, 2.05) is 148 Å². The Morgan fingerprint density at radius 1 is 0.367 bits per heavy atom. The molecule has 0 spiro atoms. The highest BCUT2D eigenvalue weighted by atomic mass is 32.2. The highest BCUT2D eigenvalue weighted by molar-refractivity contribution is 7.92. The molecule has 10 aromatic carbocycles. The Balaban J connectivity index is 0.000000160. The van der Waals surface area contributed by atoms with Gasteiger partial charge >= 0.3 is 0 Å². The van der Waals surface area contributed by atoms with Gasteiger partial charge in [0.2, 0.25) is 9.84 Å². The van der Waals surface area contributed by atoms with E-state index >= 15 is 0 Å². The monoisotopic (exact) mass is 1520 g/mol. The number of fused-ring (bicyclic) bond motifs is 1. The van der Waals surface area contributed by atoms with Crippen LogP contribution in [0.5, 0.6) is 0 Å². The summed E-state index contributed by atoms with van der Waals surface area (Å²) in [5, 5.41) is 4.05. The summed E-state index contributed by atoms with van der Waals surface area (Å²) >= 11 is 3.67. The van der Waals surface area contributed by atoms with Crippen molar-refractivity contribution in [2.24, 2.45) is 11.8 Å². The van der Waals surface area contributed by atoms with Gasteiger partial charge in [0.1, 0.15) is 0 Å². The van der Waals surface area contributed by atoms with Gasteiger partial charge in [-0.05, 0) is 260 Å². The summed E-state index contributed by atoms with van der Waals surface area (Å²) < 4.78 is 51.2. The molecule has 15 rings (SSSR count). The first-order valence-electron chi connectivity index (χ1n) is 37.4. The van der Waals surface area contributed by atoms with Crippen LogP contribution in [0.2, 0.25) is 0 Å². The minimum absolute atomic E-state index is 0.141. The third kappa shape index (κ3) is 25.6. The molecule has 1 fully saturated rings. The smallest absolute Gasteiger partial charge is 0.206 e. The topological polar surface area (TPSA) is 94.1 Å². The zero-order valence-corrected chi connectivity index (χ0v) is 69.9. The van der Waals surface area contributed by atoms with Crippen molar-refractivity contribution in [3.05, 3.63) is 400 Å². The number of pyridine rings is 2. The van der Waals surface area contributed by atoms with Gasteiger partial charge in [-0.15, -0.1) is 22.7 Å². The molecule has 4 atom stereocenters. The number of rotatable bonds is 8. The SMILES string of the molecule is CC1CC(C)C(c2ccccc2)S(=O)(=O)C1c1ccccc1.Cc1ccc(-c2ccc(C)cc2)cc1.Cc1ccc(-c2ccc(C)cn2)nc1.Cc1ccc(C)s1.Cc1ccc(S(=O)(=O)c2ccc(C)cc2)cc1.Cc1ccc2cc(C)ccc2c1.Cc1ccccc1Cc1ccccc1C.Cc1csc(C)c1C. The summed E-state index contributed by atoms with van der Waals surface area (Å²) in [6.45, 7) is 35.6. The number of aromatic nitrogens is 2. The summed E-state index contributed by atoms with van der Waals surface area (Å²) in [6.07, 6.45) is 5.69. The molecule has 10 heteroatoms. The number of aryl methyl sites for hydroxylation is 14. The second kappa shape index (κ2) is 41.0. The molecule has 0 N–H and O–H groups in total. The van der Waals surface area contributed by atoms with Crippen LogP contribution in [0.15, 0.2) is 307 Å². The van der Waals surface area contributed by atoms with Crippen LogP contribution in [0.3, 0.4) is 0 Å². The largest absolute Gasteiger partial charge is 0.254 e. The van der Waals surface area contributed by atoms with Crippen molar-refractivity contribution in [1.82, 2.24) is 9.97 Å². The predicted molar refractivity (Wildman–Crippen MR) is 467 cm³/mol. The van der Waals surface area contributed by atoms with Gasteiger partial charge in [-0.2, -0.15) is 0 Å². The van der Waals surface area contributed by atoms with Crippen molar-refractivity contribution in [2.75, 3.05) is 0 Å². The average molecular weight is 1520 g/mol. The number of benzene rings is 10. The molecule has 109 heavy (non-hydrogen) atoms. The third-order valence-electron chi connectivity index (χ3n) is 19.4. The van der Waals surface area contributed by atoms with Crippen LogP contribution < -0.4 is 0 Å². The Hall–Kier alpha value is -9.94. The maximum absolute atomic E-state index is 13.3. The number of hydrogen-bond acceptors (Lipinski definition) is 8. The minimum atomic E-state index is -3.37.